The molecule has 1 aromatic heterocycles. The fraction of sp³-hybridized carbons (Fsp3) is 0.280. The third-order valence-electron chi connectivity index (χ3n) is 6.38. The highest BCUT2D eigenvalue weighted by molar-refractivity contribution is 5.74. The minimum atomic E-state index is -0.539. The molecule has 1 aliphatic rings. The first-order valence-electron chi connectivity index (χ1n) is 10.3. The van der Waals surface area contributed by atoms with Crippen LogP contribution < -0.4 is 0 Å². The topological polar surface area (TPSA) is 50.9 Å². The summed E-state index contributed by atoms with van der Waals surface area (Å²) in [4.78, 5) is 0. The van der Waals surface area contributed by atoms with Crippen LogP contribution >= 0.6 is 0 Å². The van der Waals surface area contributed by atoms with Crippen LogP contribution in [-0.4, -0.2) is 20.1 Å². The van der Waals surface area contributed by atoms with Crippen LogP contribution in [-0.2, 0) is 0 Å². The second-order valence-electron chi connectivity index (χ2n) is 8.05. The summed E-state index contributed by atoms with van der Waals surface area (Å²) in [5, 5.41) is 20.5. The van der Waals surface area contributed by atoms with Crippen molar-refractivity contribution in [1.82, 2.24) is 15.0 Å². The summed E-state index contributed by atoms with van der Waals surface area (Å²) in [7, 11) is 0. The van der Waals surface area contributed by atoms with Crippen LogP contribution in [0.15, 0.2) is 72.8 Å². The highest BCUT2D eigenvalue weighted by atomic mass is 16.3. The molecule has 0 saturated heterocycles. The van der Waals surface area contributed by atoms with E-state index in [2.05, 4.69) is 77.4 Å². The number of rotatable bonds is 3. The number of benzene rings is 3. The van der Waals surface area contributed by atoms with E-state index in [-0.39, 0.29) is 17.9 Å². The fourth-order valence-corrected chi connectivity index (χ4v) is 5.06. The first-order chi connectivity index (χ1) is 14.2. The summed E-state index contributed by atoms with van der Waals surface area (Å²) < 4.78 is 2.07. The zero-order valence-corrected chi connectivity index (χ0v) is 16.7. The highest BCUT2D eigenvalue weighted by Crippen LogP contribution is 2.52. The van der Waals surface area contributed by atoms with Crippen molar-refractivity contribution in [1.29, 1.82) is 0 Å². The molecule has 0 aliphatic heterocycles. The van der Waals surface area contributed by atoms with Crippen LogP contribution in [0.5, 0.6) is 0 Å². The summed E-state index contributed by atoms with van der Waals surface area (Å²) >= 11 is 0. The summed E-state index contributed by atoms with van der Waals surface area (Å²) in [6, 6.07) is 25.0. The van der Waals surface area contributed by atoms with Crippen molar-refractivity contribution in [2.24, 2.45) is 5.92 Å². The first kappa shape index (κ1) is 18.1. The Bertz CT molecular complexity index is 1150. The number of hydrogen-bond acceptors (Lipinski definition) is 3. The van der Waals surface area contributed by atoms with E-state index in [0.29, 0.717) is 0 Å². The number of aromatic nitrogens is 3. The number of hydrogen-bond donors (Lipinski definition) is 1. The Kier molecular flexibility index (Phi) is 4.44. The lowest BCUT2D eigenvalue weighted by Gasteiger charge is -2.42. The van der Waals surface area contributed by atoms with E-state index >= 15 is 0 Å². The molecule has 3 aromatic carbocycles. The van der Waals surface area contributed by atoms with Gasteiger partial charge >= 0.3 is 0 Å². The van der Waals surface area contributed by atoms with Crippen LogP contribution in [0.1, 0.15) is 53.7 Å². The Balaban J connectivity index is 1.77. The molecule has 4 atom stereocenters. The molecule has 0 saturated carbocycles. The standard InChI is InChI=1S/C25H25N3O/c1-3-18-23(17-9-5-4-6-10-17)25(29)20-15-16(2)13-14-19(20)24(18)28-22-12-8-7-11-21(22)26-27-28/h4-15,18,23-25,29H,3H2,1-2H3. The first-order valence-corrected chi connectivity index (χ1v) is 10.3. The lowest BCUT2D eigenvalue weighted by Crippen LogP contribution is -2.35. The Morgan fingerprint density at radius 3 is 2.48 bits per heavy atom. The number of para-hydroxylation sites is 1. The number of nitrogens with zero attached hydrogens (tertiary/aromatic N) is 3. The summed E-state index contributed by atoms with van der Waals surface area (Å²) in [6.07, 6.45) is 0.395. The van der Waals surface area contributed by atoms with Gasteiger partial charge in [-0.15, -0.1) is 5.10 Å². The molecule has 0 spiro atoms. The molecule has 4 unspecified atom stereocenters. The number of aryl methyl sites for hydroxylation is 1. The van der Waals surface area contributed by atoms with E-state index in [9.17, 15) is 5.11 Å². The summed E-state index contributed by atoms with van der Waals surface area (Å²) in [6.45, 7) is 4.29. The molecule has 1 N–H and O–H groups in total. The molecule has 0 bridgehead atoms. The molecule has 5 rings (SSSR count). The van der Waals surface area contributed by atoms with Gasteiger partial charge in [0.25, 0.3) is 0 Å². The third-order valence-corrected chi connectivity index (χ3v) is 6.38. The Morgan fingerprint density at radius 2 is 1.69 bits per heavy atom. The van der Waals surface area contributed by atoms with E-state index in [1.54, 1.807) is 0 Å². The Labute approximate surface area is 170 Å². The molecule has 4 heteroatoms. The normalized spacial score (nSPS) is 23.8. The lowest BCUT2D eigenvalue weighted by atomic mass is 9.67. The molecular formula is C25H25N3O. The summed E-state index contributed by atoms with van der Waals surface area (Å²) in [5.74, 6) is 0.205. The number of fused-ring (bicyclic) bond motifs is 2. The maximum absolute atomic E-state index is 11.5. The molecule has 1 aliphatic carbocycles. The minimum Gasteiger partial charge on any atom is -0.388 e. The molecule has 29 heavy (non-hydrogen) atoms. The monoisotopic (exact) mass is 383 g/mol. The van der Waals surface area contributed by atoms with Gasteiger partial charge in [0.2, 0.25) is 0 Å². The fourth-order valence-electron chi connectivity index (χ4n) is 5.06. The van der Waals surface area contributed by atoms with Crippen LogP contribution in [0.25, 0.3) is 11.0 Å². The molecule has 0 amide bonds. The summed E-state index contributed by atoms with van der Waals surface area (Å²) in [5.41, 5.74) is 6.43. The highest BCUT2D eigenvalue weighted by Gasteiger charge is 2.43. The van der Waals surface area contributed by atoms with E-state index in [4.69, 9.17) is 0 Å². The Hall–Kier alpha value is -2.98. The SMILES string of the molecule is CCC1C(c2ccccc2)C(O)c2cc(C)ccc2C1n1nnc2ccccc21. The average Bonchev–Trinajstić information content (AvgIpc) is 3.18. The third kappa shape index (κ3) is 2.87. The quantitative estimate of drug-likeness (QED) is 0.530. The van der Waals surface area contributed by atoms with Gasteiger partial charge < -0.3 is 5.11 Å². The van der Waals surface area contributed by atoms with Crippen LogP contribution in [0.2, 0.25) is 0 Å². The predicted octanol–water partition coefficient (Wildman–Crippen LogP) is 5.19. The zero-order chi connectivity index (χ0) is 20.0. The van der Waals surface area contributed by atoms with Gasteiger partial charge in [-0.2, -0.15) is 0 Å². The van der Waals surface area contributed by atoms with Crippen LogP contribution in [0.3, 0.4) is 0 Å². The van der Waals surface area contributed by atoms with Crippen molar-refractivity contribution in [3.63, 3.8) is 0 Å². The van der Waals surface area contributed by atoms with Gasteiger partial charge in [-0.25, -0.2) is 4.68 Å². The molecule has 4 nitrogen and oxygen atoms in total. The van der Waals surface area contributed by atoms with Crippen molar-refractivity contribution < 1.29 is 5.11 Å². The van der Waals surface area contributed by atoms with E-state index in [1.165, 1.54) is 5.56 Å². The van der Waals surface area contributed by atoms with Crippen molar-refractivity contribution in [2.75, 3.05) is 0 Å². The molecule has 0 fully saturated rings. The van der Waals surface area contributed by atoms with Crippen molar-refractivity contribution in [2.45, 2.75) is 38.3 Å². The van der Waals surface area contributed by atoms with Gasteiger partial charge in [-0.3, -0.25) is 0 Å². The maximum Gasteiger partial charge on any atom is 0.113 e. The van der Waals surface area contributed by atoms with E-state index in [1.807, 2.05) is 24.3 Å². The molecule has 4 aromatic rings. The van der Waals surface area contributed by atoms with Crippen LogP contribution in [0.4, 0.5) is 0 Å². The van der Waals surface area contributed by atoms with Gasteiger partial charge in [0.05, 0.1) is 17.7 Å². The minimum absolute atomic E-state index is 0.00321. The number of aliphatic hydroxyl groups excluding tert-OH is 1. The van der Waals surface area contributed by atoms with Gasteiger partial charge in [0.15, 0.2) is 0 Å². The van der Waals surface area contributed by atoms with Crippen molar-refractivity contribution in [3.8, 4) is 0 Å². The van der Waals surface area contributed by atoms with Gasteiger partial charge in [-0.05, 0) is 41.7 Å². The average molecular weight is 383 g/mol. The second kappa shape index (κ2) is 7.12. The van der Waals surface area contributed by atoms with E-state index in [0.717, 1.165) is 34.1 Å². The van der Waals surface area contributed by atoms with Crippen molar-refractivity contribution >= 4 is 11.0 Å². The van der Waals surface area contributed by atoms with Crippen LogP contribution in [0, 0.1) is 12.8 Å². The second-order valence-corrected chi connectivity index (χ2v) is 8.05. The van der Waals surface area contributed by atoms with E-state index < -0.39 is 6.10 Å². The van der Waals surface area contributed by atoms with Gasteiger partial charge in [0, 0.05) is 5.92 Å². The largest absolute Gasteiger partial charge is 0.388 e. The van der Waals surface area contributed by atoms with Gasteiger partial charge in [-0.1, -0.05) is 84.8 Å². The van der Waals surface area contributed by atoms with Crippen molar-refractivity contribution in [3.05, 3.63) is 95.1 Å². The zero-order valence-electron chi connectivity index (χ0n) is 16.7. The molecule has 0 radical (unpaired) electrons. The van der Waals surface area contributed by atoms with Gasteiger partial charge in [0.1, 0.15) is 5.52 Å². The smallest absolute Gasteiger partial charge is 0.113 e. The maximum atomic E-state index is 11.5. The predicted molar refractivity (Wildman–Crippen MR) is 115 cm³/mol. The Morgan fingerprint density at radius 1 is 0.931 bits per heavy atom. The molecule has 146 valence electrons. The lowest BCUT2D eigenvalue weighted by molar-refractivity contribution is 0.0809. The molecular weight excluding hydrogens is 358 g/mol. The number of aliphatic hydroxyl groups is 1. The molecule has 1 heterocycles.